The summed E-state index contributed by atoms with van der Waals surface area (Å²) in [6.45, 7) is 6.27. The largest absolute Gasteiger partial charge is 0.444 e. The van der Waals surface area contributed by atoms with E-state index in [0.29, 0.717) is 12.3 Å². The van der Waals surface area contributed by atoms with Crippen LogP contribution in [0.4, 0.5) is 4.79 Å². The second-order valence-electron chi connectivity index (χ2n) is 7.97. The van der Waals surface area contributed by atoms with Crippen molar-refractivity contribution in [1.82, 2.24) is 20.3 Å². The molecule has 3 aromatic rings. The lowest BCUT2D eigenvalue weighted by atomic mass is 10.0. The van der Waals surface area contributed by atoms with E-state index in [0.717, 1.165) is 35.4 Å². The quantitative estimate of drug-likeness (QED) is 0.705. The first-order valence-corrected chi connectivity index (χ1v) is 9.48. The molecule has 0 bridgehead atoms. The Morgan fingerprint density at radius 2 is 2.07 bits per heavy atom. The number of aromatic amines is 1. The van der Waals surface area contributed by atoms with Gasteiger partial charge in [-0.3, -0.25) is 10.00 Å². The number of carbonyl (C=O) groups is 1. The smallest absolute Gasteiger partial charge is 0.410 e. The molecule has 1 aliphatic heterocycles. The molecule has 1 amide bonds. The zero-order valence-corrected chi connectivity index (χ0v) is 16.3. The van der Waals surface area contributed by atoms with Crippen molar-refractivity contribution < 1.29 is 14.1 Å². The topological polar surface area (TPSA) is 84.2 Å². The molecule has 28 heavy (non-hydrogen) atoms. The van der Waals surface area contributed by atoms with Gasteiger partial charge in [-0.25, -0.2) is 4.79 Å². The van der Waals surface area contributed by atoms with Crippen molar-refractivity contribution >= 4 is 6.09 Å². The van der Waals surface area contributed by atoms with E-state index in [9.17, 15) is 4.79 Å². The molecule has 2 aromatic heterocycles. The van der Waals surface area contributed by atoms with Gasteiger partial charge in [-0.1, -0.05) is 35.5 Å². The maximum absolute atomic E-state index is 12.6. The molecule has 3 heterocycles. The van der Waals surface area contributed by atoms with Gasteiger partial charge in [0.2, 0.25) is 0 Å². The van der Waals surface area contributed by atoms with Crippen LogP contribution in [0.25, 0.3) is 22.6 Å². The van der Waals surface area contributed by atoms with Gasteiger partial charge in [-0.05, 0) is 33.6 Å². The Balaban J connectivity index is 1.61. The third-order valence-corrected chi connectivity index (χ3v) is 4.73. The predicted octanol–water partition coefficient (Wildman–Crippen LogP) is 4.80. The van der Waals surface area contributed by atoms with Crippen LogP contribution in [0.5, 0.6) is 0 Å². The Kier molecular flexibility index (Phi) is 4.66. The van der Waals surface area contributed by atoms with Crippen molar-refractivity contribution in [2.75, 3.05) is 6.54 Å². The normalized spacial score (nSPS) is 17.1. The summed E-state index contributed by atoms with van der Waals surface area (Å²) >= 11 is 0. The van der Waals surface area contributed by atoms with Crippen molar-refractivity contribution in [3.05, 3.63) is 48.3 Å². The van der Waals surface area contributed by atoms with Gasteiger partial charge in [0, 0.05) is 18.2 Å². The molecule has 1 fully saturated rings. The summed E-state index contributed by atoms with van der Waals surface area (Å²) < 4.78 is 11.2. The molecule has 4 rings (SSSR count). The monoisotopic (exact) mass is 380 g/mol. The molecule has 1 saturated heterocycles. The van der Waals surface area contributed by atoms with Crippen LogP contribution in [0.3, 0.4) is 0 Å². The van der Waals surface area contributed by atoms with Gasteiger partial charge in [0.05, 0.1) is 23.5 Å². The van der Waals surface area contributed by atoms with Crippen LogP contribution >= 0.6 is 0 Å². The van der Waals surface area contributed by atoms with Crippen LogP contribution in [-0.2, 0) is 4.74 Å². The van der Waals surface area contributed by atoms with E-state index < -0.39 is 5.60 Å². The summed E-state index contributed by atoms with van der Waals surface area (Å²) in [5, 5.41) is 11.4. The zero-order valence-electron chi connectivity index (χ0n) is 16.3. The number of carbonyl (C=O) groups excluding carboxylic acids is 1. The number of rotatable bonds is 3. The van der Waals surface area contributed by atoms with E-state index in [-0.39, 0.29) is 12.1 Å². The molecule has 0 saturated carbocycles. The lowest BCUT2D eigenvalue weighted by molar-refractivity contribution is 0.0222. The lowest BCUT2D eigenvalue weighted by Crippen LogP contribution is -2.36. The second-order valence-corrected chi connectivity index (χ2v) is 7.97. The minimum absolute atomic E-state index is 0.127. The van der Waals surface area contributed by atoms with E-state index >= 15 is 0 Å². The van der Waals surface area contributed by atoms with E-state index in [2.05, 4.69) is 15.4 Å². The summed E-state index contributed by atoms with van der Waals surface area (Å²) in [4.78, 5) is 14.4. The molecular formula is C21H24N4O3. The maximum atomic E-state index is 12.6. The van der Waals surface area contributed by atoms with Gasteiger partial charge >= 0.3 is 6.09 Å². The van der Waals surface area contributed by atoms with Crippen LogP contribution in [0.2, 0.25) is 0 Å². The maximum Gasteiger partial charge on any atom is 0.410 e. The first-order chi connectivity index (χ1) is 13.4. The standard InChI is InChI=1S/C21H24N4O3/c1-21(2,3)27-20(26)25-11-7-10-17(25)19-15(13-22-23-19)18-12-16(24-28-18)14-8-5-4-6-9-14/h4-6,8-9,12-13,17H,7,10-11H2,1-3H3,(H,22,23)/t17-/m0/s1. The van der Waals surface area contributed by atoms with Gasteiger partial charge in [0.15, 0.2) is 5.76 Å². The van der Waals surface area contributed by atoms with Gasteiger partial charge in [0.1, 0.15) is 11.3 Å². The number of hydrogen-bond donors (Lipinski definition) is 1. The predicted molar refractivity (Wildman–Crippen MR) is 104 cm³/mol. The molecule has 7 nitrogen and oxygen atoms in total. The Hall–Kier alpha value is -3.09. The fraction of sp³-hybridized carbons (Fsp3) is 0.381. The minimum atomic E-state index is -0.531. The van der Waals surface area contributed by atoms with Crippen LogP contribution in [0.1, 0.15) is 45.3 Å². The number of nitrogens with one attached hydrogen (secondary N) is 1. The Morgan fingerprint density at radius 3 is 2.82 bits per heavy atom. The molecule has 1 atom stereocenters. The van der Waals surface area contributed by atoms with E-state index in [1.54, 1.807) is 11.1 Å². The van der Waals surface area contributed by atoms with Crippen molar-refractivity contribution in [3.8, 4) is 22.6 Å². The molecule has 1 aromatic carbocycles. The highest BCUT2D eigenvalue weighted by Crippen LogP contribution is 2.38. The summed E-state index contributed by atoms with van der Waals surface area (Å²) in [6.07, 6.45) is 3.16. The number of ether oxygens (including phenoxy) is 1. The molecule has 0 unspecified atom stereocenters. The highest BCUT2D eigenvalue weighted by Gasteiger charge is 2.36. The number of amides is 1. The summed E-state index contributed by atoms with van der Waals surface area (Å²) in [5.41, 5.74) is 2.88. The zero-order chi connectivity index (χ0) is 19.7. The van der Waals surface area contributed by atoms with Crippen molar-refractivity contribution in [3.63, 3.8) is 0 Å². The van der Waals surface area contributed by atoms with Crippen molar-refractivity contribution in [2.24, 2.45) is 0 Å². The Labute approximate surface area is 163 Å². The molecule has 1 aliphatic rings. The highest BCUT2D eigenvalue weighted by molar-refractivity contribution is 5.71. The van der Waals surface area contributed by atoms with Crippen LogP contribution in [0.15, 0.2) is 47.1 Å². The molecule has 1 N–H and O–H groups in total. The molecule has 0 aliphatic carbocycles. The second kappa shape index (κ2) is 7.14. The van der Waals surface area contributed by atoms with Gasteiger partial charge in [-0.2, -0.15) is 5.10 Å². The summed E-state index contributed by atoms with van der Waals surface area (Å²) in [7, 11) is 0. The summed E-state index contributed by atoms with van der Waals surface area (Å²) in [5.74, 6) is 0.624. The van der Waals surface area contributed by atoms with Crippen LogP contribution in [-0.4, -0.2) is 38.5 Å². The van der Waals surface area contributed by atoms with Crippen molar-refractivity contribution in [2.45, 2.75) is 45.3 Å². The Bertz CT molecular complexity index is 955. The Morgan fingerprint density at radius 1 is 1.29 bits per heavy atom. The number of aromatic nitrogens is 3. The SMILES string of the molecule is CC(C)(C)OC(=O)N1CCC[C@H]1c1[nH]ncc1-c1cc(-c2ccccc2)no1. The first-order valence-electron chi connectivity index (χ1n) is 9.48. The third kappa shape index (κ3) is 3.65. The fourth-order valence-corrected chi connectivity index (χ4v) is 3.50. The number of hydrogen-bond acceptors (Lipinski definition) is 5. The van der Waals surface area contributed by atoms with Gasteiger partial charge in [0.25, 0.3) is 0 Å². The number of benzene rings is 1. The van der Waals surface area contributed by atoms with Gasteiger partial charge in [-0.15, -0.1) is 0 Å². The summed E-state index contributed by atoms with van der Waals surface area (Å²) in [6, 6.07) is 11.6. The molecular weight excluding hydrogens is 356 g/mol. The highest BCUT2D eigenvalue weighted by atomic mass is 16.6. The fourth-order valence-electron chi connectivity index (χ4n) is 3.50. The van der Waals surface area contributed by atoms with E-state index in [1.807, 2.05) is 57.2 Å². The lowest BCUT2D eigenvalue weighted by Gasteiger charge is -2.28. The van der Waals surface area contributed by atoms with Crippen LogP contribution < -0.4 is 0 Å². The molecule has 146 valence electrons. The molecule has 7 heteroatoms. The van der Waals surface area contributed by atoms with E-state index in [1.165, 1.54) is 0 Å². The van der Waals surface area contributed by atoms with Crippen molar-refractivity contribution in [1.29, 1.82) is 0 Å². The average molecular weight is 380 g/mol. The van der Waals surface area contributed by atoms with E-state index in [4.69, 9.17) is 9.26 Å². The molecule has 0 spiro atoms. The minimum Gasteiger partial charge on any atom is -0.444 e. The average Bonchev–Trinajstić information content (AvgIpc) is 3.39. The number of H-pyrrole nitrogens is 1. The number of likely N-dealkylation sites (tertiary alicyclic amines) is 1. The van der Waals surface area contributed by atoms with Crippen LogP contribution in [0, 0.1) is 0 Å². The van der Waals surface area contributed by atoms with Gasteiger partial charge < -0.3 is 9.26 Å². The number of nitrogens with zero attached hydrogens (tertiary/aromatic N) is 3. The molecule has 0 radical (unpaired) electrons. The first kappa shape index (κ1) is 18.3. The third-order valence-electron chi connectivity index (χ3n) is 4.73.